The number of imidazole rings is 1. The zero-order valence-electron chi connectivity index (χ0n) is 13.1. The fraction of sp³-hybridized carbons (Fsp3) is 0.625. The first-order chi connectivity index (χ1) is 10.5. The summed E-state index contributed by atoms with van der Waals surface area (Å²) in [6.07, 6.45) is 6.21. The van der Waals surface area contributed by atoms with Crippen LogP contribution in [0.5, 0.6) is 0 Å². The van der Waals surface area contributed by atoms with Gasteiger partial charge in [0.2, 0.25) is 5.91 Å². The molecule has 2 aromatic heterocycles. The number of hydrogen-bond acceptors (Lipinski definition) is 4. The average Bonchev–Trinajstić information content (AvgIpc) is 3.13. The van der Waals surface area contributed by atoms with Crippen LogP contribution < -0.4 is 5.32 Å². The van der Waals surface area contributed by atoms with Gasteiger partial charge in [-0.15, -0.1) is 11.3 Å². The number of carbonyl (C=O) groups is 1. The minimum Gasteiger partial charge on any atom is -0.396 e. The fourth-order valence-corrected chi connectivity index (χ4v) is 4.25. The minimum atomic E-state index is -0.160. The normalized spacial score (nSPS) is 25.0. The maximum absolute atomic E-state index is 12.2. The minimum absolute atomic E-state index is 0.0720. The molecule has 0 spiro atoms. The maximum Gasteiger partial charge on any atom is 0.220 e. The number of rotatable bonds is 5. The number of aliphatic hydroxyl groups is 1. The second kappa shape index (κ2) is 6.01. The van der Waals surface area contributed by atoms with E-state index in [2.05, 4.69) is 27.0 Å². The molecule has 0 radical (unpaired) electrons. The van der Waals surface area contributed by atoms with Crippen molar-refractivity contribution in [2.45, 2.75) is 52.0 Å². The van der Waals surface area contributed by atoms with Gasteiger partial charge < -0.3 is 10.4 Å². The van der Waals surface area contributed by atoms with Gasteiger partial charge in [-0.25, -0.2) is 4.98 Å². The summed E-state index contributed by atoms with van der Waals surface area (Å²) in [7, 11) is 0. The van der Waals surface area contributed by atoms with E-state index in [1.165, 1.54) is 0 Å². The monoisotopic (exact) mass is 321 g/mol. The molecule has 3 rings (SSSR count). The highest BCUT2D eigenvalue weighted by Gasteiger charge is 2.38. The molecular formula is C16H23N3O2S. The molecule has 2 heterocycles. The molecule has 1 saturated carbocycles. The first-order valence-electron chi connectivity index (χ1n) is 7.84. The quantitative estimate of drug-likeness (QED) is 0.888. The van der Waals surface area contributed by atoms with Gasteiger partial charge in [-0.2, -0.15) is 0 Å². The number of nitrogens with one attached hydrogen (secondary N) is 1. The summed E-state index contributed by atoms with van der Waals surface area (Å²) in [4.78, 5) is 17.6. The zero-order valence-corrected chi connectivity index (χ0v) is 13.9. The smallest absolute Gasteiger partial charge is 0.220 e. The van der Waals surface area contributed by atoms with Crippen molar-refractivity contribution in [2.24, 2.45) is 5.41 Å². The number of aliphatic hydroxyl groups excluding tert-OH is 1. The van der Waals surface area contributed by atoms with Crippen LogP contribution in [0.2, 0.25) is 0 Å². The van der Waals surface area contributed by atoms with Gasteiger partial charge in [0.25, 0.3) is 0 Å². The largest absolute Gasteiger partial charge is 0.396 e. The number of amides is 1. The van der Waals surface area contributed by atoms with Crippen molar-refractivity contribution in [3.63, 3.8) is 0 Å². The lowest BCUT2D eigenvalue weighted by Gasteiger charge is -2.30. The number of hydrogen-bond donors (Lipinski definition) is 2. The summed E-state index contributed by atoms with van der Waals surface area (Å²) >= 11 is 1.61. The summed E-state index contributed by atoms with van der Waals surface area (Å²) < 4.78 is 2.07. The summed E-state index contributed by atoms with van der Waals surface area (Å²) in [5.74, 6) is 0.0720. The molecular weight excluding hydrogens is 298 g/mol. The van der Waals surface area contributed by atoms with Crippen molar-refractivity contribution in [3.05, 3.63) is 23.0 Å². The molecule has 1 amide bonds. The van der Waals surface area contributed by atoms with Crippen molar-refractivity contribution >= 4 is 22.2 Å². The Bertz CT molecular complexity index is 678. The lowest BCUT2D eigenvalue weighted by atomic mass is 9.86. The van der Waals surface area contributed by atoms with Crippen LogP contribution in [0.25, 0.3) is 4.96 Å². The molecule has 0 bridgehead atoms. The lowest BCUT2D eigenvalue weighted by Crippen LogP contribution is -2.44. The van der Waals surface area contributed by atoms with Gasteiger partial charge in [-0.3, -0.25) is 9.20 Å². The van der Waals surface area contributed by atoms with E-state index in [4.69, 9.17) is 0 Å². The second-order valence-electron chi connectivity index (χ2n) is 6.59. The highest BCUT2D eigenvalue weighted by Crippen LogP contribution is 2.37. The predicted octanol–water partition coefficient (Wildman–Crippen LogP) is 2.30. The molecule has 0 aliphatic heterocycles. The molecule has 6 heteroatoms. The van der Waals surface area contributed by atoms with Crippen molar-refractivity contribution in [3.8, 4) is 0 Å². The first-order valence-corrected chi connectivity index (χ1v) is 8.72. The van der Waals surface area contributed by atoms with E-state index >= 15 is 0 Å². The third-order valence-electron chi connectivity index (χ3n) is 4.79. The van der Waals surface area contributed by atoms with Crippen LogP contribution in [0.1, 0.15) is 44.0 Å². The van der Waals surface area contributed by atoms with Crippen molar-refractivity contribution in [1.82, 2.24) is 14.7 Å². The fourth-order valence-electron chi connectivity index (χ4n) is 3.30. The molecule has 2 N–H and O–H groups in total. The van der Waals surface area contributed by atoms with Crippen molar-refractivity contribution in [2.75, 3.05) is 6.61 Å². The van der Waals surface area contributed by atoms with Crippen LogP contribution in [-0.4, -0.2) is 33.0 Å². The van der Waals surface area contributed by atoms with E-state index in [-0.39, 0.29) is 24.0 Å². The standard InChI is InChI=1S/C16H23N3O2S/c1-11-8-19-12(9-22-15(19)17-11)5-6-14(21)18-13-4-3-7-16(13,2)10-20/h8-9,13,20H,3-7,10H2,1-2H3,(H,18,21). The Balaban J connectivity index is 1.58. The number of fused-ring (bicyclic) bond motifs is 1. The van der Waals surface area contributed by atoms with E-state index in [1.54, 1.807) is 11.3 Å². The van der Waals surface area contributed by atoms with Gasteiger partial charge in [0.05, 0.1) is 12.3 Å². The molecule has 1 aliphatic rings. The van der Waals surface area contributed by atoms with Crippen LogP contribution in [0.15, 0.2) is 11.6 Å². The Hall–Kier alpha value is -1.40. The Labute approximate surface area is 134 Å². The molecule has 0 aromatic carbocycles. The third-order valence-corrected chi connectivity index (χ3v) is 5.68. The van der Waals surface area contributed by atoms with Crippen LogP contribution in [-0.2, 0) is 11.2 Å². The van der Waals surface area contributed by atoms with Crippen molar-refractivity contribution < 1.29 is 9.90 Å². The van der Waals surface area contributed by atoms with Gasteiger partial charge in [-0.05, 0) is 26.2 Å². The molecule has 120 valence electrons. The molecule has 1 fully saturated rings. The molecule has 2 atom stereocenters. The maximum atomic E-state index is 12.2. The summed E-state index contributed by atoms with van der Waals surface area (Å²) in [5, 5.41) is 14.7. The van der Waals surface area contributed by atoms with Crippen LogP contribution >= 0.6 is 11.3 Å². The molecule has 2 unspecified atom stereocenters. The predicted molar refractivity (Wildman–Crippen MR) is 87.1 cm³/mol. The molecule has 0 saturated heterocycles. The highest BCUT2D eigenvalue weighted by molar-refractivity contribution is 7.15. The first kappa shape index (κ1) is 15.5. The van der Waals surface area contributed by atoms with Gasteiger partial charge >= 0.3 is 0 Å². The van der Waals surface area contributed by atoms with E-state index in [0.29, 0.717) is 12.8 Å². The Morgan fingerprint density at radius 2 is 2.45 bits per heavy atom. The number of nitrogens with zero attached hydrogens (tertiary/aromatic N) is 2. The lowest BCUT2D eigenvalue weighted by molar-refractivity contribution is -0.122. The van der Waals surface area contributed by atoms with E-state index in [1.807, 2.05) is 13.1 Å². The number of carbonyl (C=O) groups excluding carboxylic acids is 1. The van der Waals surface area contributed by atoms with Gasteiger partial charge in [0.1, 0.15) is 0 Å². The topological polar surface area (TPSA) is 66.6 Å². The van der Waals surface area contributed by atoms with Crippen molar-refractivity contribution in [1.29, 1.82) is 0 Å². The summed E-state index contributed by atoms with van der Waals surface area (Å²) in [5.41, 5.74) is 1.97. The van der Waals surface area contributed by atoms with E-state index < -0.39 is 0 Å². The molecule has 2 aromatic rings. The Morgan fingerprint density at radius 1 is 1.64 bits per heavy atom. The average molecular weight is 321 g/mol. The highest BCUT2D eigenvalue weighted by atomic mass is 32.1. The molecule has 5 nitrogen and oxygen atoms in total. The van der Waals surface area contributed by atoms with Crippen LogP contribution in [0.4, 0.5) is 0 Å². The summed E-state index contributed by atoms with van der Waals surface area (Å²) in [6.45, 7) is 4.17. The third kappa shape index (κ3) is 2.90. The van der Waals surface area contributed by atoms with E-state index in [0.717, 1.165) is 35.6 Å². The van der Waals surface area contributed by atoms with Crippen LogP contribution in [0.3, 0.4) is 0 Å². The SMILES string of the molecule is Cc1cn2c(CCC(=O)NC3CCCC3(C)CO)csc2n1. The Morgan fingerprint density at radius 3 is 3.23 bits per heavy atom. The zero-order chi connectivity index (χ0) is 15.7. The summed E-state index contributed by atoms with van der Waals surface area (Å²) in [6, 6.07) is 0.1000. The van der Waals surface area contributed by atoms with Gasteiger partial charge in [0, 0.05) is 35.1 Å². The van der Waals surface area contributed by atoms with Gasteiger partial charge in [0.15, 0.2) is 4.96 Å². The van der Waals surface area contributed by atoms with E-state index in [9.17, 15) is 9.90 Å². The van der Waals surface area contributed by atoms with Gasteiger partial charge in [-0.1, -0.05) is 13.3 Å². The molecule has 1 aliphatic carbocycles. The number of aromatic nitrogens is 2. The molecule has 22 heavy (non-hydrogen) atoms. The number of aryl methyl sites for hydroxylation is 2. The Kier molecular flexibility index (Phi) is 4.23. The van der Waals surface area contributed by atoms with Crippen LogP contribution in [0, 0.1) is 12.3 Å². The number of thiazole rings is 1. The second-order valence-corrected chi connectivity index (χ2v) is 7.42.